The summed E-state index contributed by atoms with van der Waals surface area (Å²) < 4.78 is 0. The molecule has 5 heteroatoms. The molecule has 0 aliphatic carbocycles. The van der Waals surface area contributed by atoms with Crippen LogP contribution >= 0.6 is 0 Å². The van der Waals surface area contributed by atoms with Crippen LogP contribution in [0.3, 0.4) is 0 Å². The molecule has 0 spiro atoms. The SMILES string of the molecule is CN1CCCC1CNCc1nc2ccccc2c(=O)[nH]1. The lowest BCUT2D eigenvalue weighted by Crippen LogP contribution is -2.35. The summed E-state index contributed by atoms with van der Waals surface area (Å²) in [5.74, 6) is 0.703. The summed E-state index contributed by atoms with van der Waals surface area (Å²) in [6.07, 6.45) is 2.51. The average molecular weight is 272 g/mol. The van der Waals surface area contributed by atoms with Gasteiger partial charge in [0, 0.05) is 12.6 Å². The molecule has 1 aliphatic heterocycles. The Balaban J connectivity index is 1.67. The van der Waals surface area contributed by atoms with Crippen LogP contribution in [0.5, 0.6) is 0 Å². The van der Waals surface area contributed by atoms with Gasteiger partial charge in [-0.15, -0.1) is 0 Å². The highest BCUT2D eigenvalue weighted by atomic mass is 16.1. The Hall–Kier alpha value is -1.72. The standard InChI is InChI=1S/C15H20N4O/c1-19-8-4-5-11(19)9-16-10-14-17-13-7-3-2-6-12(13)15(20)18-14/h2-3,6-7,11,16H,4-5,8-10H2,1H3,(H,17,18,20). The fraction of sp³-hybridized carbons (Fsp3) is 0.467. The lowest BCUT2D eigenvalue weighted by atomic mass is 10.2. The first-order chi connectivity index (χ1) is 9.74. The monoisotopic (exact) mass is 272 g/mol. The normalized spacial score (nSPS) is 19.8. The van der Waals surface area contributed by atoms with E-state index < -0.39 is 0 Å². The van der Waals surface area contributed by atoms with Crippen LogP contribution in [0.15, 0.2) is 29.1 Å². The van der Waals surface area contributed by atoms with Gasteiger partial charge in [0.15, 0.2) is 0 Å². The van der Waals surface area contributed by atoms with Gasteiger partial charge in [-0.25, -0.2) is 4.98 Å². The zero-order valence-electron chi connectivity index (χ0n) is 11.7. The van der Waals surface area contributed by atoms with Crippen molar-refractivity contribution in [2.45, 2.75) is 25.4 Å². The lowest BCUT2D eigenvalue weighted by Gasteiger charge is -2.19. The van der Waals surface area contributed by atoms with Gasteiger partial charge in [-0.3, -0.25) is 4.79 Å². The lowest BCUT2D eigenvalue weighted by molar-refractivity contribution is 0.299. The van der Waals surface area contributed by atoms with E-state index in [-0.39, 0.29) is 5.56 Å². The average Bonchev–Trinajstić information content (AvgIpc) is 2.85. The van der Waals surface area contributed by atoms with Gasteiger partial charge in [-0.2, -0.15) is 0 Å². The minimum absolute atomic E-state index is 0.0645. The van der Waals surface area contributed by atoms with Crippen molar-refractivity contribution in [1.82, 2.24) is 20.2 Å². The van der Waals surface area contributed by atoms with Crippen molar-refractivity contribution in [2.24, 2.45) is 0 Å². The first-order valence-electron chi connectivity index (χ1n) is 7.13. The number of hydrogen-bond acceptors (Lipinski definition) is 4. The third-order valence-electron chi connectivity index (χ3n) is 4.01. The largest absolute Gasteiger partial charge is 0.309 e. The Morgan fingerprint density at radius 2 is 2.30 bits per heavy atom. The first kappa shape index (κ1) is 13.3. The van der Waals surface area contributed by atoms with E-state index in [0.29, 0.717) is 23.8 Å². The fourth-order valence-corrected chi connectivity index (χ4v) is 2.81. The molecule has 1 aromatic heterocycles. The topological polar surface area (TPSA) is 61.0 Å². The van der Waals surface area contributed by atoms with Crippen LogP contribution in [0.2, 0.25) is 0 Å². The van der Waals surface area contributed by atoms with Crippen LogP contribution in [0.4, 0.5) is 0 Å². The van der Waals surface area contributed by atoms with Crippen molar-refractivity contribution in [2.75, 3.05) is 20.1 Å². The van der Waals surface area contributed by atoms with Gasteiger partial charge in [0.2, 0.25) is 0 Å². The molecular weight excluding hydrogens is 252 g/mol. The number of hydrogen-bond donors (Lipinski definition) is 2. The van der Waals surface area contributed by atoms with E-state index in [0.717, 1.165) is 12.1 Å². The summed E-state index contributed by atoms with van der Waals surface area (Å²) >= 11 is 0. The number of nitrogens with zero attached hydrogens (tertiary/aromatic N) is 2. The summed E-state index contributed by atoms with van der Waals surface area (Å²) in [4.78, 5) is 21.6. The molecule has 1 aliphatic rings. The van der Waals surface area contributed by atoms with Crippen LogP contribution in [0.25, 0.3) is 10.9 Å². The molecule has 0 radical (unpaired) electrons. The Kier molecular flexibility index (Phi) is 3.80. The van der Waals surface area contributed by atoms with Gasteiger partial charge in [-0.1, -0.05) is 12.1 Å². The number of likely N-dealkylation sites (tertiary alicyclic amines) is 1. The number of rotatable bonds is 4. The molecule has 0 bridgehead atoms. The Bertz CT molecular complexity index is 652. The predicted molar refractivity (Wildman–Crippen MR) is 79.7 cm³/mol. The maximum atomic E-state index is 11.9. The summed E-state index contributed by atoms with van der Waals surface area (Å²) in [6.45, 7) is 2.72. The number of likely N-dealkylation sites (N-methyl/N-ethyl adjacent to an activating group) is 1. The first-order valence-corrected chi connectivity index (χ1v) is 7.13. The number of nitrogens with one attached hydrogen (secondary N) is 2. The molecule has 1 fully saturated rings. The Labute approximate surface area is 118 Å². The van der Waals surface area contributed by atoms with Crippen molar-refractivity contribution in [3.8, 4) is 0 Å². The number of fused-ring (bicyclic) bond motifs is 1. The quantitative estimate of drug-likeness (QED) is 0.875. The van der Waals surface area contributed by atoms with Crippen LogP contribution in [-0.2, 0) is 6.54 Å². The van der Waals surface area contributed by atoms with Gasteiger partial charge in [-0.05, 0) is 38.6 Å². The molecule has 2 heterocycles. The van der Waals surface area contributed by atoms with Crippen LogP contribution in [0.1, 0.15) is 18.7 Å². The molecule has 2 aromatic rings. The molecule has 1 unspecified atom stereocenters. The van der Waals surface area contributed by atoms with E-state index in [1.165, 1.54) is 19.4 Å². The molecule has 2 N–H and O–H groups in total. The molecular formula is C15H20N4O. The number of para-hydroxylation sites is 1. The summed E-state index contributed by atoms with van der Waals surface area (Å²) in [5, 5.41) is 4.04. The van der Waals surface area contributed by atoms with Gasteiger partial charge < -0.3 is 15.2 Å². The zero-order valence-corrected chi connectivity index (χ0v) is 11.7. The third kappa shape index (κ3) is 2.73. The van der Waals surface area contributed by atoms with Crippen molar-refractivity contribution < 1.29 is 0 Å². The van der Waals surface area contributed by atoms with Crippen molar-refractivity contribution in [3.05, 3.63) is 40.4 Å². The van der Waals surface area contributed by atoms with Crippen LogP contribution in [0, 0.1) is 0 Å². The molecule has 3 rings (SSSR count). The minimum atomic E-state index is -0.0645. The molecule has 1 saturated heterocycles. The van der Waals surface area contributed by atoms with E-state index in [1.54, 1.807) is 6.07 Å². The number of benzene rings is 1. The van der Waals surface area contributed by atoms with Crippen LogP contribution < -0.4 is 10.9 Å². The van der Waals surface area contributed by atoms with Gasteiger partial charge in [0.25, 0.3) is 5.56 Å². The summed E-state index contributed by atoms with van der Waals surface area (Å²) in [6, 6.07) is 8.03. The van der Waals surface area contributed by atoms with E-state index in [1.807, 2.05) is 18.2 Å². The van der Waals surface area contributed by atoms with Crippen molar-refractivity contribution >= 4 is 10.9 Å². The van der Waals surface area contributed by atoms with Gasteiger partial charge >= 0.3 is 0 Å². The Morgan fingerprint density at radius 1 is 1.45 bits per heavy atom. The van der Waals surface area contributed by atoms with Gasteiger partial charge in [0.1, 0.15) is 5.82 Å². The number of aromatic nitrogens is 2. The molecule has 0 saturated carbocycles. The van der Waals surface area contributed by atoms with E-state index >= 15 is 0 Å². The highest BCUT2D eigenvalue weighted by Crippen LogP contribution is 2.13. The summed E-state index contributed by atoms with van der Waals surface area (Å²) in [7, 11) is 2.16. The second kappa shape index (κ2) is 5.73. The molecule has 5 nitrogen and oxygen atoms in total. The highest BCUT2D eigenvalue weighted by molar-refractivity contribution is 5.77. The highest BCUT2D eigenvalue weighted by Gasteiger charge is 2.19. The van der Waals surface area contributed by atoms with Crippen molar-refractivity contribution in [3.63, 3.8) is 0 Å². The maximum Gasteiger partial charge on any atom is 0.258 e. The molecule has 1 aromatic carbocycles. The zero-order chi connectivity index (χ0) is 13.9. The van der Waals surface area contributed by atoms with Crippen LogP contribution in [-0.4, -0.2) is 41.0 Å². The Morgan fingerprint density at radius 3 is 3.10 bits per heavy atom. The van der Waals surface area contributed by atoms with Gasteiger partial charge in [0.05, 0.1) is 17.4 Å². The molecule has 0 amide bonds. The second-order valence-electron chi connectivity index (χ2n) is 5.44. The molecule has 20 heavy (non-hydrogen) atoms. The van der Waals surface area contributed by atoms with E-state index in [2.05, 4.69) is 27.2 Å². The summed E-state index contributed by atoms with van der Waals surface area (Å²) in [5.41, 5.74) is 0.691. The number of H-pyrrole nitrogens is 1. The third-order valence-corrected chi connectivity index (χ3v) is 4.01. The molecule has 106 valence electrons. The number of aromatic amines is 1. The van der Waals surface area contributed by atoms with E-state index in [4.69, 9.17) is 0 Å². The molecule has 1 atom stereocenters. The smallest absolute Gasteiger partial charge is 0.258 e. The minimum Gasteiger partial charge on any atom is -0.309 e. The van der Waals surface area contributed by atoms with Crippen molar-refractivity contribution in [1.29, 1.82) is 0 Å². The van der Waals surface area contributed by atoms with E-state index in [9.17, 15) is 4.79 Å². The fourth-order valence-electron chi connectivity index (χ4n) is 2.81. The predicted octanol–water partition coefficient (Wildman–Crippen LogP) is 1.11. The maximum absolute atomic E-state index is 11.9. The second-order valence-corrected chi connectivity index (χ2v) is 5.44.